The zero-order valence-corrected chi connectivity index (χ0v) is 11.0. The fraction of sp³-hybridized carbons (Fsp3) is 0.385. The minimum atomic E-state index is -0.511. The third kappa shape index (κ3) is 5.29. The molecule has 0 unspecified atom stereocenters. The van der Waals surface area contributed by atoms with Crippen molar-refractivity contribution in [2.24, 2.45) is 0 Å². The van der Waals surface area contributed by atoms with E-state index in [1.165, 1.54) is 7.11 Å². The van der Waals surface area contributed by atoms with Crippen LogP contribution in [0.15, 0.2) is 24.3 Å². The monoisotopic (exact) mass is 267 g/mol. The van der Waals surface area contributed by atoms with Crippen molar-refractivity contribution in [2.75, 3.05) is 26.9 Å². The molecule has 1 aromatic carbocycles. The van der Waals surface area contributed by atoms with Crippen LogP contribution in [0.2, 0.25) is 0 Å². The predicted octanol–water partition coefficient (Wildman–Crippen LogP) is 0.753. The van der Waals surface area contributed by atoms with Gasteiger partial charge in [0.2, 0.25) is 0 Å². The van der Waals surface area contributed by atoms with Crippen molar-refractivity contribution in [2.45, 2.75) is 6.92 Å². The molecule has 0 aliphatic heterocycles. The largest absolute Gasteiger partial charge is 0.490 e. The van der Waals surface area contributed by atoms with Gasteiger partial charge in [0.1, 0.15) is 6.54 Å². The first-order chi connectivity index (χ1) is 9.17. The molecular weight excluding hydrogens is 250 g/mol. The molecule has 1 amide bonds. The van der Waals surface area contributed by atoms with E-state index in [0.717, 1.165) is 0 Å². The second-order valence-corrected chi connectivity index (χ2v) is 3.52. The maximum absolute atomic E-state index is 11.4. The molecule has 0 heterocycles. The Morgan fingerprint density at radius 3 is 2.37 bits per heavy atom. The number of ether oxygens (including phenoxy) is 3. The summed E-state index contributed by atoms with van der Waals surface area (Å²) in [7, 11) is 1.25. The molecule has 1 N–H and O–H groups in total. The molecule has 1 aromatic rings. The highest BCUT2D eigenvalue weighted by Gasteiger charge is 2.08. The van der Waals surface area contributed by atoms with Crippen LogP contribution in [0, 0.1) is 0 Å². The highest BCUT2D eigenvalue weighted by atomic mass is 16.5. The lowest BCUT2D eigenvalue weighted by molar-refractivity contribution is -0.141. The maximum Gasteiger partial charge on any atom is 0.325 e. The fourth-order valence-electron chi connectivity index (χ4n) is 1.28. The number of rotatable bonds is 7. The second kappa shape index (κ2) is 7.97. The van der Waals surface area contributed by atoms with Crippen molar-refractivity contribution >= 4 is 11.9 Å². The predicted molar refractivity (Wildman–Crippen MR) is 68.1 cm³/mol. The van der Waals surface area contributed by atoms with E-state index in [2.05, 4.69) is 10.1 Å². The molecule has 0 aromatic heterocycles. The molecule has 0 atom stereocenters. The van der Waals surface area contributed by atoms with Gasteiger partial charge in [0.15, 0.2) is 18.1 Å². The molecule has 19 heavy (non-hydrogen) atoms. The summed E-state index contributed by atoms with van der Waals surface area (Å²) in [6.45, 7) is 2.00. The fourth-order valence-corrected chi connectivity index (χ4v) is 1.28. The average Bonchev–Trinajstić information content (AvgIpc) is 2.44. The Kier molecular flexibility index (Phi) is 6.21. The molecule has 0 saturated heterocycles. The van der Waals surface area contributed by atoms with Crippen LogP contribution in [-0.2, 0) is 14.3 Å². The van der Waals surface area contributed by atoms with Crippen molar-refractivity contribution < 1.29 is 23.8 Å². The van der Waals surface area contributed by atoms with E-state index in [0.29, 0.717) is 18.1 Å². The van der Waals surface area contributed by atoms with Crippen molar-refractivity contribution in [1.29, 1.82) is 0 Å². The van der Waals surface area contributed by atoms with Crippen LogP contribution in [0.25, 0.3) is 0 Å². The van der Waals surface area contributed by atoms with Crippen LogP contribution < -0.4 is 14.8 Å². The number of benzene rings is 1. The minimum absolute atomic E-state index is 0.175. The Bertz CT molecular complexity index is 433. The summed E-state index contributed by atoms with van der Waals surface area (Å²) >= 11 is 0. The first-order valence-corrected chi connectivity index (χ1v) is 5.85. The molecule has 0 radical (unpaired) electrons. The molecule has 6 nitrogen and oxygen atoms in total. The van der Waals surface area contributed by atoms with Gasteiger partial charge in [-0.25, -0.2) is 0 Å². The topological polar surface area (TPSA) is 73.9 Å². The quantitative estimate of drug-likeness (QED) is 0.738. The van der Waals surface area contributed by atoms with Gasteiger partial charge in [-0.2, -0.15) is 0 Å². The number of amides is 1. The van der Waals surface area contributed by atoms with Crippen molar-refractivity contribution in [1.82, 2.24) is 5.32 Å². The molecule has 0 aliphatic carbocycles. The summed E-state index contributed by atoms with van der Waals surface area (Å²) in [6.07, 6.45) is 0. The van der Waals surface area contributed by atoms with Crippen LogP contribution in [0.4, 0.5) is 0 Å². The highest BCUT2D eigenvalue weighted by Crippen LogP contribution is 2.26. The van der Waals surface area contributed by atoms with Crippen LogP contribution in [0.1, 0.15) is 6.92 Å². The molecule has 1 rings (SSSR count). The van der Waals surface area contributed by atoms with Crippen LogP contribution >= 0.6 is 0 Å². The number of carbonyl (C=O) groups is 2. The number of nitrogens with one attached hydrogen (secondary N) is 1. The first kappa shape index (κ1) is 14.8. The summed E-state index contributed by atoms with van der Waals surface area (Å²) in [5.41, 5.74) is 0. The van der Waals surface area contributed by atoms with Crippen molar-refractivity contribution in [3.63, 3.8) is 0 Å². The molecule has 0 saturated carbocycles. The number of hydrogen-bond acceptors (Lipinski definition) is 5. The van der Waals surface area contributed by atoms with Gasteiger partial charge >= 0.3 is 5.97 Å². The molecule has 0 aliphatic rings. The molecule has 6 heteroatoms. The Morgan fingerprint density at radius 2 is 1.79 bits per heavy atom. The zero-order chi connectivity index (χ0) is 14.1. The minimum Gasteiger partial charge on any atom is -0.490 e. The van der Waals surface area contributed by atoms with E-state index in [1.54, 1.807) is 18.2 Å². The number of hydrogen-bond donors (Lipinski definition) is 1. The number of para-hydroxylation sites is 2. The number of esters is 1. The van der Waals surface area contributed by atoms with Gasteiger partial charge in [-0.15, -0.1) is 0 Å². The summed E-state index contributed by atoms with van der Waals surface area (Å²) in [5.74, 6) is 0.142. The normalized spacial score (nSPS) is 9.58. The Hall–Kier alpha value is -2.24. The Balaban J connectivity index is 2.43. The van der Waals surface area contributed by atoms with Crippen LogP contribution in [0.3, 0.4) is 0 Å². The SMILES string of the molecule is CCOc1ccccc1OCC(=O)NCC(=O)OC. The lowest BCUT2D eigenvalue weighted by atomic mass is 10.3. The van der Waals surface area contributed by atoms with Gasteiger partial charge in [-0.1, -0.05) is 12.1 Å². The Labute approximate surface area is 111 Å². The smallest absolute Gasteiger partial charge is 0.325 e. The van der Waals surface area contributed by atoms with Crippen LogP contribution in [0.5, 0.6) is 11.5 Å². The lowest BCUT2D eigenvalue weighted by Crippen LogP contribution is -2.33. The average molecular weight is 267 g/mol. The summed E-state index contributed by atoms with van der Waals surface area (Å²) in [6, 6.07) is 7.06. The third-order valence-electron chi connectivity index (χ3n) is 2.17. The van der Waals surface area contributed by atoms with E-state index in [4.69, 9.17) is 9.47 Å². The summed E-state index contributed by atoms with van der Waals surface area (Å²) < 4.78 is 15.1. The standard InChI is InChI=1S/C13H17NO5/c1-3-18-10-6-4-5-7-11(10)19-9-12(15)14-8-13(16)17-2/h4-7H,3,8-9H2,1-2H3,(H,14,15). The second-order valence-electron chi connectivity index (χ2n) is 3.52. The first-order valence-electron chi connectivity index (χ1n) is 5.85. The maximum atomic E-state index is 11.4. The molecular formula is C13H17NO5. The molecule has 0 fully saturated rings. The van der Waals surface area contributed by atoms with E-state index >= 15 is 0 Å². The zero-order valence-electron chi connectivity index (χ0n) is 11.0. The van der Waals surface area contributed by atoms with Gasteiger partial charge in [-0.3, -0.25) is 9.59 Å². The third-order valence-corrected chi connectivity index (χ3v) is 2.17. The van der Waals surface area contributed by atoms with E-state index in [-0.39, 0.29) is 13.2 Å². The van der Waals surface area contributed by atoms with Gasteiger partial charge in [-0.05, 0) is 19.1 Å². The summed E-state index contributed by atoms with van der Waals surface area (Å²) in [4.78, 5) is 22.3. The molecule has 0 bridgehead atoms. The van der Waals surface area contributed by atoms with E-state index in [1.807, 2.05) is 13.0 Å². The van der Waals surface area contributed by atoms with Gasteiger partial charge in [0.25, 0.3) is 5.91 Å². The number of carbonyl (C=O) groups excluding carboxylic acids is 2. The summed E-state index contributed by atoms with van der Waals surface area (Å²) in [5, 5.41) is 2.38. The molecule has 104 valence electrons. The van der Waals surface area contributed by atoms with Gasteiger partial charge in [0, 0.05) is 0 Å². The van der Waals surface area contributed by atoms with E-state index < -0.39 is 11.9 Å². The number of methoxy groups -OCH3 is 1. The van der Waals surface area contributed by atoms with Crippen molar-refractivity contribution in [3.8, 4) is 11.5 Å². The van der Waals surface area contributed by atoms with Gasteiger partial charge < -0.3 is 19.5 Å². The Morgan fingerprint density at radius 1 is 1.16 bits per heavy atom. The lowest BCUT2D eigenvalue weighted by Gasteiger charge is -2.11. The molecule has 0 spiro atoms. The van der Waals surface area contributed by atoms with E-state index in [9.17, 15) is 9.59 Å². The van der Waals surface area contributed by atoms with Gasteiger partial charge in [0.05, 0.1) is 13.7 Å². The van der Waals surface area contributed by atoms with Crippen LogP contribution in [-0.4, -0.2) is 38.7 Å². The van der Waals surface area contributed by atoms with Crippen molar-refractivity contribution in [3.05, 3.63) is 24.3 Å². The highest BCUT2D eigenvalue weighted by molar-refractivity contribution is 5.82.